The van der Waals surface area contributed by atoms with Crippen molar-refractivity contribution in [3.8, 4) is 5.75 Å². The van der Waals surface area contributed by atoms with Crippen LogP contribution in [-0.4, -0.2) is 29.7 Å². The lowest BCUT2D eigenvalue weighted by atomic mass is 10.1. The fourth-order valence-corrected chi connectivity index (χ4v) is 3.89. The maximum absolute atomic E-state index is 12.9. The molecule has 34 heavy (non-hydrogen) atoms. The Morgan fingerprint density at radius 2 is 1.82 bits per heavy atom. The van der Waals surface area contributed by atoms with E-state index in [4.69, 9.17) is 11.6 Å². The van der Waals surface area contributed by atoms with Crippen molar-refractivity contribution >= 4 is 34.6 Å². The lowest BCUT2D eigenvalue weighted by Crippen LogP contribution is -2.37. The number of carbonyl (C=O) groups is 1. The van der Waals surface area contributed by atoms with Gasteiger partial charge in [0.05, 0.1) is 5.56 Å². The van der Waals surface area contributed by atoms with Crippen LogP contribution in [0.4, 0.5) is 5.95 Å². The van der Waals surface area contributed by atoms with Crippen LogP contribution in [0.2, 0.25) is 5.02 Å². The van der Waals surface area contributed by atoms with Crippen molar-refractivity contribution in [2.45, 2.75) is 19.4 Å². The van der Waals surface area contributed by atoms with Crippen LogP contribution in [-0.2, 0) is 27.1 Å². The summed E-state index contributed by atoms with van der Waals surface area (Å²) in [4.78, 5) is 42.3. The second-order valence-corrected chi connectivity index (χ2v) is 8.23. The van der Waals surface area contributed by atoms with Crippen LogP contribution < -0.4 is 22.1 Å². The third-order valence-corrected chi connectivity index (χ3v) is 5.76. The summed E-state index contributed by atoms with van der Waals surface area (Å²) < 4.78 is 3.93. The molecule has 0 bridgehead atoms. The van der Waals surface area contributed by atoms with Crippen LogP contribution in [0.15, 0.2) is 58.1 Å². The first-order valence-corrected chi connectivity index (χ1v) is 10.9. The molecule has 176 valence electrons. The predicted molar refractivity (Wildman–Crippen MR) is 129 cm³/mol. The smallest absolute Gasteiger partial charge is 0.332 e. The van der Waals surface area contributed by atoms with E-state index in [0.29, 0.717) is 13.0 Å². The number of benzene rings is 2. The van der Waals surface area contributed by atoms with Gasteiger partial charge in [-0.3, -0.25) is 29.6 Å². The van der Waals surface area contributed by atoms with Gasteiger partial charge >= 0.3 is 5.69 Å². The fourth-order valence-electron chi connectivity index (χ4n) is 3.72. The average molecular weight is 483 g/mol. The minimum Gasteiger partial charge on any atom is -0.507 e. The zero-order valence-corrected chi connectivity index (χ0v) is 19.3. The second-order valence-electron chi connectivity index (χ2n) is 7.79. The maximum atomic E-state index is 12.9. The molecular formula is C23H23ClN6O4. The number of hydrogen-bond donors (Lipinski definition) is 3. The Kier molecular flexibility index (Phi) is 6.42. The van der Waals surface area contributed by atoms with Gasteiger partial charge in [-0.25, -0.2) is 4.79 Å². The number of aryl methyl sites for hydroxylation is 3. The van der Waals surface area contributed by atoms with Gasteiger partial charge in [0.25, 0.3) is 11.5 Å². The lowest BCUT2D eigenvalue weighted by Gasteiger charge is -2.12. The van der Waals surface area contributed by atoms with E-state index in [2.05, 4.69) is 15.8 Å². The van der Waals surface area contributed by atoms with Crippen LogP contribution in [0.3, 0.4) is 0 Å². The van der Waals surface area contributed by atoms with Crippen LogP contribution in [0, 0.1) is 0 Å². The molecule has 4 rings (SSSR count). The highest BCUT2D eigenvalue weighted by atomic mass is 35.5. The van der Waals surface area contributed by atoms with Crippen molar-refractivity contribution in [3.05, 3.63) is 85.5 Å². The third-order valence-electron chi connectivity index (χ3n) is 5.53. The molecule has 0 fully saturated rings. The van der Waals surface area contributed by atoms with Gasteiger partial charge in [0, 0.05) is 25.7 Å². The first-order valence-electron chi connectivity index (χ1n) is 10.5. The topological polar surface area (TPSA) is 123 Å². The lowest BCUT2D eigenvalue weighted by molar-refractivity contribution is 0.0959. The minimum absolute atomic E-state index is 0.0324. The summed E-state index contributed by atoms with van der Waals surface area (Å²) in [5, 5.41) is 10.3. The number of rotatable bonds is 7. The van der Waals surface area contributed by atoms with Gasteiger partial charge in [0.2, 0.25) is 5.95 Å². The maximum Gasteiger partial charge on any atom is 0.332 e. The average Bonchev–Trinajstić information content (AvgIpc) is 3.20. The van der Waals surface area contributed by atoms with E-state index in [1.165, 1.54) is 36.9 Å². The number of imidazole rings is 1. The van der Waals surface area contributed by atoms with Gasteiger partial charge in [-0.1, -0.05) is 41.9 Å². The highest BCUT2D eigenvalue weighted by Crippen LogP contribution is 2.22. The number of nitrogens with one attached hydrogen (secondary N) is 2. The quantitative estimate of drug-likeness (QED) is 0.347. The van der Waals surface area contributed by atoms with Gasteiger partial charge in [0.15, 0.2) is 11.2 Å². The summed E-state index contributed by atoms with van der Waals surface area (Å²) in [5.41, 5.74) is 5.74. The van der Waals surface area contributed by atoms with Crippen molar-refractivity contribution < 1.29 is 9.90 Å². The molecule has 0 radical (unpaired) electrons. The molecule has 2 heterocycles. The number of nitrogens with zero attached hydrogens (tertiary/aromatic N) is 4. The molecule has 0 unspecified atom stereocenters. The third kappa shape index (κ3) is 4.40. The first kappa shape index (κ1) is 23.1. The molecular weight excluding hydrogens is 460 g/mol. The van der Waals surface area contributed by atoms with E-state index in [0.717, 1.165) is 16.6 Å². The number of hydrogen-bond acceptors (Lipinski definition) is 6. The summed E-state index contributed by atoms with van der Waals surface area (Å²) in [6, 6.07) is 14.0. The Bertz CT molecular complexity index is 1490. The molecule has 11 heteroatoms. The molecule has 0 saturated heterocycles. The predicted octanol–water partition coefficient (Wildman–Crippen LogP) is 2.18. The van der Waals surface area contributed by atoms with Gasteiger partial charge in [-0.2, -0.15) is 4.98 Å². The molecule has 0 atom stereocenters. The summed E-state index contributed by atoms with van der Waals surface area (Å²) >= 11 is 5.93. The zero-order valence-electron chi connectivity index (χ0n) is 18.6. The molecule has 0 aliphatic carbocycles. The monoisotopic (exact) mass is 482 g/mol. The highest BCUT2D eigenvalue weighted by molar-refractivity contribution is 6.31. The molecule has 0 aliphatic heterocycles. The number of anilines is 1. The van der Waals surface area contributed by atoms with E-state index in [-0.39, 0.29) is 33.4 Å². The van der Waals surface area contributed by atoms with E-state index in [1.54, 1.807) is 4.57 Å². The summed E-state index contributed by atoms with van der Waals surface area (Å²) in [6.45, 7) is 0.402. The summed E-state index contributed by atoms with van der Waals surface area (Å²) in [6.07, 6.45) is 1.44. The molecule has 4 aromatic rings. The molecule has 1 amide bonds. The normalized spacial score (nSPS) is 11.0. The van der Waals surface area contributed by atoms with Gasteiger partial charge < -0.3 is 9.67 Å². The molecule has 0 saturated carbocycles. The van der Waals surface area contributed by atoms with E-state index < -0.39 is 17.2 Å². The molecule has 3 N–H and O–H groups in total. The number of aromatic hydroxyl groups is 1. The molecule has 0 spiro atoms. The van der Waals surface area contributed by atoms with Gasteiger partial charge in [0.1, 0.15) is 5.75 Å². The van der Waals surface area contributed by atoms with E-state index >= 15 is 0 Å². The Morgan fingerprint density at radius 3 is 2.56 bits per heavy atom. The van der Waals surface area contributed by atoms with Gasteiger partial charge in [-0.15, -0.1) is 0 Å². The Balaban J connectivity index is 1.67. The van der Waals surface area contributed by atoms with Crippen LogP contribution in [0.25, 0.3) is 11.2 Å². The first-order chi connectivity index (χ1) is 16.3. The van der Waals surface area contributed by atoms with E-state index in [9.17, 15) is 19.5 Å². The largest absolute Gasteiger partial charge is 0.507 e. The fraction of sp³-hybridized carbons (Fsp3) is 0.217. The van der Waals surface area contributed by atoms with Crippen LogP contribution in [0.5, 0.6) is 5.75 Å². The number of amides is 1. The Hall–Kier alpha value is -4.05. The minimum atomic E-state index is -0.648. The number of fused-ring (bicyclic) bond motifs is 1. The number of halogens is 1. The van der Waals surface area contributed by atoms with Crippen molar-refractivity contribution in [2.24, 2.45) is 14.1 Å². The van der Waals surface area contributed by atoms with Crippen molar-refractivity contribution in [2.75, 3.05) is 5.43 Å². The highest BCUT2D eigenvalue weighted by Gasteiger charge is 2.20. The standard InChI is InChI=1S/C23H23ClN6O4/c1-28-19-18(21(33)29(2)23(28)34)30(12-6-9-14-7-4-3-5-8-14)22(25-19)27-26-20(32)16-13-15(24)10-11-17(16)31/h3-5,7-8,10-11,13,31H,6,9,12H2,1-2H3,(H,25,27)(H,26,32). The van der Waals surface area contributed by atoms with Crippen molar-refractivity contribution in [3.63, 3.8) is 0 Å². The van der Waals surface area contributed by atoms with Crippen LogP contribution in [0.1, 0.15) is 22.3 Å². The molecule has 2 aromatic carbocycles. The Labute approximate surface area is 199 Å². The second kappa shape index (κ2) is 9.44. The number of aromatic nitrogens is 4. The van der Waals surface area contributed by atoms with Crippen LogP contribution >= 0.6 is 11.6 Å². The number of carbonyl (C=O) groups excluding carboxylic acids is 1. The molecule has 2 aromatic heterocycles. The SMILES string of the molecule is Cn1c(=O)c2c(nc(NNC(=O)c3cc(Cl)ccc3O)n2CCCc2ccccc2)n(C)c1=O. The molecule has 10 nitrogen and oxygen atoms in total. The summed E-state index contributed by atoms with van der Waals surface area (Å²) in [7, 11) is 2.93. The Morgan fingerprint density at radius 1 is 1.09 bits per heavy atom. The van der Waals surface area contributed by atoms with E-state index in [1.807, 2.05) is 30.3 Å². The summed E-state index contributed by atoms with van der Waals surface area (Å²) in [5.74, 6) is -0.711. The number of phenols is 1. The number of hydrazine groups is 1. The zero-order chi connectivity index (χ0) is 24.4. The van der Waals surface area contributed by atoms with Gasteiger partial charge in [-0.05, 0) is 36.6 Å². The van der Waals surface area contributed by atoms with Crippen molar-refractivity contribution in [1.29, 1.82) is 0 Å². The van der Waals surface area contributed by atoms with Crippen molar-refractivity contribution in [1.82, 2.24) is 24.1 Å². The number of phenolic OH excluding ortho intramolecular Hbond substituents is 1. The molecule has 0 aliphatic rings.